The maximum absolute atomic E-state index is 13.0. The normalized spacial score (nSPS) is 14.5. The summed E-state index contributed by atoms with van der Waals surface area (Å²) in [6, 6.07) is 11.1. The number of nitrogens with zero attached hydrogens (tertiary/aromatic N) is 2. The van der Waals surface area contributed by atoms with E-state index in [-0.39, 0.29) is 18.1 Å². The van der Waals surface area contributed by atoms with Crippen molar-refractivity contribution in [3.8, 4) is 5.75 Å². The molecule has 1 aliphatic rings. The number of benzene rings is 2. The molecular formula is C21H22ClFN2O4. The summed E-state index contributed by atoms with van der Waals surface area (Å²) in [7, 11) is 0. The summed E-state index contributed by atoms with van der Waals surface area (Å²) in [4.78, 5) is 37.2. The molecular weight excluding hydrogens is 399 g/mol. The highest BCUT2D eigenvalue weighted by atomic mass is 35.5. The van der Waals surface area contributed by atoms with Gasteiger partial charge in [0.05, 0.1) is 6.42 Å². The second kappa shape index (κ2) is 9.71. The highest BCUT2D eigenvalue weighted by Gasteiger charge is 2.22. The van der Waals surface area contributed by atoms with Crippen LogP contribution in [0.25, 0.3) is 0 Å². The molecule has 8 heteroatoms. The standard InChI is InChI=1S/C21H22ClFN2O4/c1-15(26)28-29-20-7-4-18(22)13-17(20)14-24-8-10-25(11-9-24)21(27)12-16-2-5-19(23)6-3-16/h2-7,13H,8-12,14H2,1H3. The van der Waals surface area contributed by atoms with Gasteiger partial charge in [-0.2, -0.15) is 0 Å². The van der Waals surface area contributed by atoms with Crippen LogP contribution in [0, 0.1) is 5.82 Å². The Morgan fingerprint density at radius 1 is 1.07 bits per heavy atom. The number of piperazine rings is 1. The van der Waals surface area contributed by atoms with Gasteiger partial charge >= 0.3 is 5.97 Å². The molecule has 0 atom stereocenters. The Labute approximate surface area is 173 Å². The molecule has 0 aromatic heterocycles. The summed E-state index contributed by atoms with van der Waals surface area (Å²) in [5, 5.41) is 0.559. The zero-order chi connectivity index (χ0) is 20.8. The van der Waals surface area contributed by atoms with Gasteiger partial charge < -0.3 is 4.90 Å². The van der Waals surface area contributed by atoms with Gasteiger partial charge in [-0.15, -0.1) is 0 Å². The highest BCUT2D eigenvalue weighted by Crippen LogP contribution is 2.25. The van der Waals surface area contributed by atoms with E-state index in [9.17, 15) is 14.0 Å². The van der Waals surface area contributed by atoms with Gasteiger partial charge in [-0.25, -0.2) is 9.18 Å². The SMILES string of the molecule is CC(=O)OOc1ccc(Cl)cc1CN1CCN(C(=O)Cc2ccc(F)cc2)CC1. The molecule has 1 amide bonds. The van der Waals surface area contributed by atoms with Crippen LogP contribution in [0.3, 0.4) is 0 Å². The first-order valence-electron chi connectivity index (χ1n) is 9.29. The molecule has 154 valence electrons. The fourth-order valence-corrected chi connectivity index (χ4v) is 3.34. The van der Waals surface area contributed by atoms with Gasteiger partial charge in [0.2, 0.25) is 5.91 Å². The lowest BCUT2D eigenvalue weighted by Crippen LogP contribution is -2.48. The highest BCUT2D eigenvalue weighted by molar-refractivity contribution is 6.30. The Morgan fingerprint density at radius 2 is 1.76 bits per heavy atom. The quantitative estimate of drug-likeness (QED) is 0.530. The van der Waals surface area contributed by atoms with Crippen molar-refractivity contribution in [1.82, 2.24) is 9.80 Å². The zero-order valence-electron chi connectivity index (χ0n) is 16.1. The molecule has 1 saturated heterocycles. The molecule has 2 aromatic rings. The van der Waals surface area contributed by atoms with Crippen molar-refractivity contribution in [3.63, 3.8) is 0 Å². The molecule has 6 nitrogen and oxygen atoms in total. The van der Waals surface area contributed by atoms with Crippen LogP contribution in [0.1, 0.15) is 18.1 Å². The summed E-state index contributed by atoms with van der Waals surface area (Å²) in [5.41, 5.74) is 1.59. The predicted octanol–water partition coefficient (Wildman–Crippen LogP) is 3.22. The minimum atomic E-state index is -0.542. The van der Waals surface area contributed by atoms with Gasteiger partial charge in [-0.05, 0) is 35.9 Å². The first kappa shape index (κ1) is 21.1. The molecule has 3 rings (SSSR count). The molecule has 0 spiro atoms. The van der Waals surface area contributed by atoms with E-state index in [1.807, 2.05) is 4.90 Å². The van der Waals surface area contributed by atoms with Crippen molar-refractivity contribution in [2.75, 3.05) is 26.2 Å². The van der Waals surface area contributed by atoms with Crippen LogP contribution >= 0.6 is 11.6 Å². The van der Waals surface area contributed by atoms with E-state index in [1.165, 1.54) is 19.1 Å². The van der Waals surface area contributed by atoms with Crippen molar-refractivity contribution < 1.29 is 23.8 Å². The van der Waals surface area contributed by atoms with E-state index in [4.69, 9.17) is 16.5 Å². The van der Waals surface area contributed by atoms with E-state index >= 15 is 0 Å². The van der Waals surface area contributed by atoms with Gasteiger partial charge in [0.1, 0.15) is 5.82 Å². The van der Waals surface area contributed by atoms with Crippen LogP contribution in [0.15, 0.2) is 42.5 Å². The lowest BCUT2D eigenvalue weighted by molar-refractivity contribution is -0.211. The monoisotopic (exact) mass is 420 g/mol. The number of carbonyl (C=O) groups is 2. The van der Waals surface area contributed by atoms with E-state index in [2.05, 4.69) is 9.79 Å². The fraction of sp³-hybridized carbons (Fsp3) is 0.333. The molecule has 0 unspecified atom stereocenters. The van der Waals surface area contributed by atoms with E-state index in [0.29, 0.717) is 43.5 Å². The van der Waals surface area contributed by atoms with E-state index in [1.54, 1.807) is 30.3 Å². The van der Waals surface area contributed by atoms with Crippen molar-refractivity contribution in [2.45, 2.75) is 19.9 Å². The van der Waals surface area contributed by atoms with Crippen molar-refractivity contribution in [2.24, 2.45) is 0 Å². The second-order valence-electron chi connectivity index (χ2n) is 6.87. The van der Waals surface area contributed by atoms with Gasteiger partial charge in [-0.1, -0.05) is 23.7 Å². The molecule has 1 aliphatic heterocycles. The fourth-order valence-electron chi connectivity index (χ4n) is 3.14. The van der Waals surface area contributed by atoms with E-state index < -0.39 is 5.97 Å². The maximum Gasteiger partial charge on any atom is 0.352 e. The first-order chi connectivity index (χ1) is 13.9. The molecule has 1 fully saturated rings. The predicted molar refractivity (Wildman–Crippen MR) is 106 cm³/mol. The number of hydrogen-bond donors (Lipinski definition) is 0. The average Bonchev–Trinajstić information content (AvgIpc) is 2.69. The summed E-state index contributed by atoms with van der Waals surface area (Å²) >= 11 is 6.09. The number of halogens is 2. The third kappa shape index (κ3) is 6.17. The molecule has 0 aliphatic carbocycles. The summed E-state index contributed by atoms with van der Waals surface area (Å²) in [6.07, 6.45) is 0.259. The van der Waals surface area contributed by atoms with Crippen molar-refractivity contribution in [3.05, 3.63) is 64.4 Å². The minimum Gasteiger partial charge on any atom is -0.340 e. The lowest BCUT2D eigenvalue weighted by Gasteiger charge is -2.35. The average molecular weight is 421 g/mol. The third-order valence-corrected chi connectivity index (χ3v) is 4.89. The second-order valence-corrected chi connectivity index (χ2v) is 7.31. The zero-order valence-corrected chi connectivity index (χ0v) is 16.8. The van der Waals surface area contributed by atoms with Crippen LogP contribution in [-0.2, 0) is 27.4 Å². The summed E-state index contributed by atoms with van der Waals surface area (Å²) < 4.78 is 13.0. The molecule has 0 radical (unpaired) electrons. The number of hydrogen-bond acceptors (Lipinski definition) is 5. The Kier molecular flexibility index (Phi) is 7.06. The number of rotatable bonds is 6. The van der Waals surface area contributed by atoms with Crippen LogP contribution < -0.4 is 4.89 Å². The largest absolute Gasteiger partial charge is 0.352 e. The number of carbonyl (C=O) groups excluding carboxylic acids is 2. The van der Waals surface area contributed by atoms with Gasteiger partial charge in [-0.3, -0.25) is 19.5 Å². The summed E-state index contributed by atoms with van der Waals surface area (Å²) in [5.74, 6) is -0.399. The molecule has 0 N–H and O–H groups in total. The van der Waals surface area contributed by atoms with Gasteiger partial charge in [0.15, 0.2) is 5.75 Å². The molecule has 2 aromatic carbocycles. The lowest BCUT2D eigenvalue weighted by atomic mass is 10.1. The van der Waals surface area contributed by atoms with Crippen molar-refractivity contribution >= 4 is 23.5 Å². The first-order valence-corrected chi connectivity index (χ1v) is 9.66. The Balaban J connectivity index is 1.54. The van der Waals surface area contributed by atoms with Gasteiger partial charge in [0.25, 0.3) is 0 Å². The van der Waals surface area contributed by atoms with Crippen LogP contribution in [0.4, 0.5) is 4.39 Å². The van der Waals surface area contributed by atoms with Crippen molar-refractivity contribution in [1.29, 1.82) is 0 Å². The molecule has 0 bridgehead atoms. The molecule has 29 heavy (non-hydrogen) atoms. The smallest absolute Gasteiger partial charge is 0.340 e. The summed E-state index contributed by atoms with van der Waals surface area (Å²) in [6.45, 7) is 4.39. The molecule has 1 heterocycles. The van der Waals surface area contributed by atoms with E-state index in [0.717, 1.165) is 11.1 Å². The van der Waals surface area contributed by atoms with Crippen LogP contribution in [-0.4, -0.2) is 47.9 Å². The topological polar surface area (TPSA) is 59.1 Å². The van der Waals surface area contributed by atoms with Crippen LogP contribution in [0.5, 0.6) is 5.75 Å². The third-order valence-electron chi connectivity index (χ3n) is 4.66. The Hall–Kier alpha value is -2.64. The van der Waals surface area contributed by atoms with Gasteiger partial charge in [0, 0.05) is 50.2 Å². The molecule has 0 saturated carbocycles. The number of amides is 1. The Morgan fingerprint density at radius 3 is 2.41 bits per heavy atom. The Bertz CT molecular complexity index is 867. The minimum absolute atomic E-state index is 0.0258. The van der Waals surface area contributed by atoms with Crippen LogP contribution in [0.2, 0.25) is 5.02 Å². The maximum atomic E-state index is 13.0.